The van der Waals surface area contributed by atoms with E-state index in [2.05, 4.69) is 12.2 Å². The lowest BCUT2D eigenvalue weighted by atomic mass is 10.1. The molecule has 1 unspecified atom stereocenters. The van der Waals surface area contributed by atoms with Gasteiger partial charge in [0.15, 0.2) is 0 Å². The highest BCUT2D eigenvalue weighted by Crippen LogP contribution is 2.13. The van der Waals surface area contributed by atoms with Crippen molar-refractivity contribution in [1.29, 1.82) is 0 Å². The first kappa shape index (κ1) is 15.8. The number of carbonyl (C=O) groups is 1. The van der Waals surface area contributed by atoms with Crippen LogP contribution in [0, 0.1) is 0 Å². The fraction of sp³-hybridized carbons (Fsp3) is 0.500. The summed E-state index contributed by atoms with van der Waals surface area (Å²) >= 11 is 0. The van der Waals surface area contributed by atoms with Gasteiger partial charge in [-0.1, -0.05) is 12.1 Å². The Morgan fingerprint density at radius 1 is 1.42 bits per heavy atom. The van der Waals surface area contributed by atoms with Gasteiger partial charge in [0.1, 0.15) is 5.75 Å². The molecular formula is C14H21ClN2O2. The Morgan fingerprint density at radius 2 is 2.11 bits per heavy atom. The minimum absolute atomic E-state index is 0. The largest absolute Gasteiger partial charge is 0.497 e. The first-order chi connectivity index (χ1) is 8.70. The number of nitrogens with zero attached hydrogens (tertiary/aromatic N) is 1. The molecular weight excluding hydrogens is 264 g/mol. The van der Waals surface area contributed by atoms with Gasteiger partial charge >= 0.3 is 0 Å². The van der Waals surface area contributed by atoms with Gasteiger partial charge in [-0.2, -0.15) is 0 Å². The van der Waals surface area contributed by atoms with Crippen LogP contribution in [0.1, 0.15) is 12.5 Å². The maximum Gasteiger partial charge on any atom is 0.227 e. The molecule has 1 N–H and O–H groups in total. The van der Waals surface area contributed by atoms with E-state index < -0.39 is 0 Å². The third kappa shape index (κ3) is 4.11. The molecule has 1 saturated heterocycles. The highest BCUT2D eigenvalue weighted by molar-refractivity contribution is 5.85. The third-order valence-corrected chi connectivity index (χ3v) is 3.34. The molecule has 1 amide bonds. The Labute approximate surface area is 120 Å². The van der Waals surface area contributed by atoms with E-state index in [0.29, 0.717) is 6.42 Å². The number of amides is 1. The summed E-state index contributed by atoms with van der Waals surface area (Å²) in [6, 6.07) is 7.96. The third-order valence-electron chi connectivity index (χ3n) is 3.34. The van der Waals surface area contributed by atoms with Gasteiger partial charge in [0.25, 0.3) is 0 Å². The van der Waals surface area contributed by atoms with Gasteiger partial charge in [0.2, 0.25) is 5.91 Å². The molecule has 1 heterocycles. The van der Waals surface area contributed by atoms with Gasteiger partial charge in [-0.25, -0.2) is 0 Å². The summed E-state index contributed by atoms with van der Waals surface area (Å²) in [5.74, 6) is 1.02. The molecule has 106 valence electrons. The SMILES string of the molecule is COc1ccc(CC(=O)N2CCNCC2C)cc1.Cl. The van der Waals surface area contributed by atoms with Crippen LogP contribution in [0.15, 0.2) is 24.3 Å². The average molecular weight is 285 g/mol. The van der Waals surface area contributed by atoms with E-state index in [4.69, 9.17) is 4.74 Å². The number of hydrogen-bond acceptors (Lipinski definition) is 3. The van der Waals surface area contributed by atoms with Crippen LogP contribution in [0.25, 0.3) is 0 Å². The fourth-order valence-electron chi connectivity index (χ4n) is 2.23. The molecule has 5 heteroatoms. The molecule has 2 rings (SSSR count). The molecule has 19 heavy (non-hydrogen) atoms. The van der Waals surface area contributed by atoms with E-state index in [1.807, 2.05) is 29.2 Å². The van der Waals surface area contributed by atoms with Gasteiger partial charge < -0.3 is 15.0 Å². The van der Waals surface area contributed by atoms with E-state index in [0.717, 1.165) is 30.9 Å². The summed E-state index contributed by atoms with van der Waals surface area (Å²) in [5, 5.41) is 3.29. The lowest BCUT2D eigenvalue weighted by Gasteiger charge is -2.34. The lowest BCUT2D eigenvalue weighted by Crippen LogP contribution is -2.52. The van der Waals surface area contributed by atoms with Crippen molar-refractivity contribution < 1.29 is 9.53 Å². The predicted octanol–water partition coefficient (Wildman–Crippen LogP) is 1.48. The summed E-state index contributed by atoms with van der Waals surface area (Å²) in [6.45, 7) is 4.65. The monoisotopic (exact) mass is 284 g/mol. The Kier molecular flexibility index (Phi) is 6.12. The van der Waals surface area contributed by atoms with E-state index in [9.17, 15) is 4.79 Å². The molecule has 1 aromatic rings. The van der Waals surface area contributed by atoms with Gasteiger partial charge in [-0.15, -0.1) is 12.4 Å². The quantitative estimate of drug-likeness (QED) is 0.914. The van der Waals surface area contributed by atoms with Gasteiger partial charge in [0.05, 0.1) is 13.5 Å². The molecule has 0 bridgehead atoms. The summed E-state index contributed by atoms with van der Waals surface area (Å²) < 4.78 is 5.10. The Hall–Kier alpha value is -1.26. The molecule has 4 nitrogen and oxygen atoms in total. The number of carbonyl (C=O) groups excluding carboxylic acids is 1. The van der Waals surface area contributed by atoms with Gasteiger partial charge in [-0.05, 0) is 24.6 Å². The molecule has 1 aliphatic rings. The fourth-order valence-corrected chi connectivity index (χ4v) is 2.23. The molecule has 0 aliphatic carbocycles. The van der Waals surface area contributed by atoms with E-state index >= 15 is 0 Å². The van der Waals surface area contributed by atoms with Crippen molar-refractivity contribution in [1.82, 2.24) is 10.2 Å². The van der Waals surface area contributed by atoms with Gasteiger partial charge in [0, 0.05) is 25.7 Å². The van der Waals surface area contributed by atoms with Crippen molar-refractivity contribution in [3.63, 3.8) is 0 Å². The summed E-state index contributed by atoms with van der Waals surface area (Å²) in [5.41, 5.74) is 1.03. The van der Waals surface area contributed by atoms with Crippen LogP contribution in [0.5, 0.6) is 5.75 Å². The van der Waals surface area contributed by atoms with E-state index in [-0.39, 0.29) is 24.4 Å². The van der Waals surface area contributed by atoms with Crippen LogP contribution in [-0.2, 0) is 11.2 Å². The number of halogens is 1. The minimum Gasteiger partial charge on any atom is -0.497 e. The van der Waals surface area contributed by atoms with Crippen molar-refractivity contribution in [3.8, 4) is 5.75 Å². The second-order valence-corrected chi connectivity index (χ2v) is 4.67. The number of rotatable bonds is 3. The van der Waals surface area contributed by atoms with Crippen molar-refractivity contribution in [2.75, 3.05) is 26.7 Å². The van der Waals surface area contributed by atoms with Crippen molar-refractivity contribution in [2.24, 2.45) is 0 Å². The molecule has 0 spiro atoms. The Balaban J connectivity index is 0.00000180. The van der Waals surface area contributed by atoms with Crippen molar-refractivity contribution >= 4 is 18.3 Å². The normalized spacial score (nSPS) is 18.6. The van der Waals surface area contributed by atoms with Crippen LogP contribution in [-0.4, -0.2) is 43.6 Å². The maximum absolute atomic E-state index is 12.2. The maximum atomic E-state index is 12.2. The van der Waals surface area contributed by atoms with Gasteiger partial charge in [-0.3, -0.25) is 4.79 Å². The zero-order valence-electron chi connectivity index (χ0n) is 11.4. The van der Waals surface area contributed by atoms with Crippen molar-refractivity contribution in [2.45, 2.75) is 19.4 Å². The summed E-state index contributed by atoms with van der Waals surface area (Å²) in [4.78, 5) is 14.2. The molecule has 1 atom stereocenters. The number of nitrogens with one attached hydrogen (secondary N) is 1. The summed E-state index contributed by atoms with van der Waals surface area (Å²) in [7, 11) is 1.64. The molecule has 1 aliphatic heterocycles. The average Bonchev–Trinajstić information content (AvgIpc) is 2.40. The molecule has 1 fully saturated rings. The first-order valence-electron chi connectivity index (χ1n) is 6.34. The van der Waals surface area contributed by atoms with Crippen LogP contribution >= 0.6 is 12.4 Å². The minimum atomic E-state index is 0. The number of piperazine rings is 1. The second-order valence-electron chi connectivity index (χ2n) is 4.67. The van der Waals surface area contributed by atoms with Crippen LogP contribution in [0.3, 0.4) is 0 Å². The zero-order valence-corrected chi connectivity index (χ0v) is 12.2. The number of methoxy groups -OCH3 is 1. The Morgan fingerprint density at radius 3 is 2.68 bits per heavy atom. The lowest BCUT2D eigenvalue weighted by molar-refractivity contribution is -0.133. The number of benzene rings is 1. The topological polar surface area (TPSA) is 41.6 Å². The summed E-state index contributed by atoms with van der Waals surface area (Å²) in [6.07, 6.45) is 0.467. The molecule has 0 aromatic heterocycles. The van der Waals surface area contributed by atoms with Crippen molar-refractivity contribution in [3.05, 3.63) is 29.8 Å². The highest BCUT2D eigenvalue weighted by atomic mass is 35.5. The smallest absolute Gasteiger partial charge is 0.227 e. The second kappa shape index (κ2) is 7.36. The molecule has 0 saturated carbocycles. The Bertz CT molecular complexity index is 408. The number of ether oxygens (including phenoxy) is 1. The standard InChI is InChI=1S/C14H20N2O2.ClH/c1-11-10-15-7-8-16(11)14(17)9-12-3-5-13(18-2)6-4-12;/h3-6,11,15H,7-10H2,1-2H3;1H. The van der Waals surface area contributed by atoms with Crippen LogP contribution in [0.2, 0.25) is 0 Å². The molecule has 1 aromatic carbocycles. The first-order valence-corrected chi connectivity index (χ1v) is 6.34. The van der Waals surface area contributed by atoms with E-state index in [1.165, 1.54) is 0 Å². The zero-order chi connectivity index (χ0) is 13.0. The van der Waals surface area contributed by atoms with Crippen LogP contribution in [0.4, 0.5) is 0 Å². The van der Waals surface area contributed by atoms with E-state index in [1.54, 1.807) is 7.11 Å². The van der Waals surface area contributed by atoms with Crippen LogP contribution < -0.4 is 10.1 Å². The highest BCUT2D eigenvalue weighted by Gasteiger charge is 2.22. The number of hydrogen-bond donors (Lipinski definition) is 1. The predicted molar refractivity (Wildman–Crippen MR) is 78.0 cm³/mol. The molecule has 0 radical (unpaired) electrons.